The molecule has 172 valence electrons. The van der Waals surface area contributed by atoms with Crippen LogP contribution in [-0.4, -0.2) is 36.7 Å². The lowest BCUT2D eigenvalue weighted by Crippen LogP contribution is -2.37. The van der Waals surface area contributed by atoms with Crippen LogP contribution in [0.2, 0.25) is 0 Å². The fourth-order valence-corrected chi connectivity index (χ4v) is 2.84. The highest BCUT2D eigenvalue weighted by Gasteiger charge is 2.38. The van der Waals surface area contributed by atoms with Gasteiger partial charge in [-0.15, -0.1) is 0 Å². The second-order valence-corrected chi connectivity index (χ2v) is 6.98. The molecule has 1 amide bonds. The van der Waals surface area contributed by atoms with Crippen LogP contribution < -0.4 is 16.2 Å². The molecule has 1 unspecified atom stereocenters. The molecule has 32 heavy (non-hydrogen) atoms. The summed E-state index contributed by atoms with van der Waals surface area (Å²) in [6.07, 6.45) is -0.0606. The number of aromatic nitrogens is 1. The minimum atomic E-state index is -4.69. The highest BCUT2D eigenvalue weighted by molar-refractivity contribution is 5.94. The third-order valence-electron chi connectivity index (χ3n) is 4.65. The molecular formula is C22H25F3N4O3. The Morgan fingerprint density at radius 3 is 2.50 bits per heavy atom. The van der Waals surface area contributed by atoms with Crippen molar-refractivity contribution in [2.75, 3.05) is 18.7 Å². The summed E-state index contributed by atoms with van der Waals surface area (Å²) >= 11 is 0. The zero-order valence-electron chi connectivity index (χ0n) is 17.7. The Kier molecular flexibility index (Phi) is 8.77. The lowest BCUT2D eigenvalue weighted by atomic mass is 10.0. The quantitative estimate of drug-likeness (QED) is 0.262. The van der Waals surface area contributed by atoms with Crippen LogP contribution in [0.25, 0.3) is 0 Å². The van der Waals surface area contributed by atoms with E-state index in [9.17, 15) is 22.8 Å². The number of pyridine rings is 1. The second kappa shape index (κ2) is 11.3. The molecule has 0 saturated carbocycles. The van der Waals surface area contributed by atoms with Crippen molar-refractivity contribution in [2.24, 2.45) is 5.84 Å². The van der Waals surface area contributed by atoms with Crippen LogP contribution in [0.15, 0.2) is 60.6 Å². The van der Waals surface area contributed by atoms with Gasteiger partial charge in [0.15, 0.2) is 0 Å². The molecular weight excluding hydrogens is 425 g/mol. The van der Waals surface area contributed by atoms with Gasteiger partial charge in [0.1, 0.15) is 5.70 Å². The van der Waals surface area contributed by atoms with Crippen molar-refractivity contribution in [1.29, 1.82) is 0 Å². The Hall–Kier alpha value is -3.40. The minimum absolute atomic E-state index is 0.0641. The Morgan fingerprint density at radius 1 is 1.25 bits per heavy atom. The predicted molar refractivity (Wildman–Crippen MR) is 113 cm³/mol. The third kappa shape index (κ3) is 7.09. The SMILES string of the molecule is COC(=O)CCCNC(=O)c1ccc(N(N)/C(=C\C(C)c2cccnc2)C(F)(F)F)cc1. The summed E-state index contributed by atoms with van der Waals surface area (Å²) < 4.78 is 45.6. The molecule has 3 N–H and O–H groups in total. The largest absolute Gasteiger partial charge is 0.469 e. The number of nitrogens with one attached hydrogen (secondary N) is 1. The van der Waals surface area contributed by atoms with Gasteiger partial charge < -0.3 is 10.1 Å². The van der Waals surface area contributed by atoms with E-state index in [0.29, 0.717) is 17.0 Å². The monoisotopic (exact) mass is 450 g/mol. The van der Waals surface area contributed by atoms with Crippen molar-refractivity contribution in [1.82, 2.24) is 10.3 Å². The first-order chi connectivity index (χ1) is 15.1. The number of hydrazine groups is 1. The second-order valence-electron chi connectivity index (χ2n) is 6.98. The number of esters is 1. The zero-order valence-corrected chi connectivity index (χ0v) is 17.7. The molecule has 0 saturated heterocycles. The zero-order chi connectivity index (χ0) is 23.7. The molecule has 1 atom stereocenters. The van der Waals surface area contributed by atoms with Gasteiger partial charge in [-0.05, 0) is 48.4 Å². The maximum Gasteiger partial charge on any atom is 0.432 e. The van der Waals surface area contributed by atoms with Crippen LogP contribution >= 0.6 is 0 Å². The Bertz CT molecular complexity index is 932. The Balaban J connectivity index is 2.11. The molecule has 7 nitrogen and oxygen atoms in total. The molecule has 1 heterocycles. The topological polar surface area (TPSA) is 97.5 Å². The van der Waals surface area contributed by atoms with Crippen molar-refractivity contribution in [3.05, 3.63) is 71.7 Å². The number of halogens is 3. The maximum atomic E-state index is 13.7. The molecule has 0 fully saturated rings. The summed E-state index contributed by atoms with van der Waals surface area (Å²) in [4.78, 5) is 27.2. The van der Waals surface area contributed by atoms with E-state index in [4.69, 9.17) is 5.84 Å². The molecule has 0 aliphatic rings. The van der Waals surface area contributed by atoms with Crippen LogP contribution in [0.5, 0.6) is 0 Å². The molecule has 0 aliphatic carbocycles. The Morgan fingerprint density at radius 2 is 1.94 bits per heavy atom. The van der Waals surface area contributed by atoms with Crippen molar-refractivity contribution >= 4 is 17.6 Å². The summed E-state index contributed by atoms with van der Waals surface area (Å²) in [6.45, 7) is 1.87. The lowest BCUT2D eigenvalue weighted by molar-refractivity contribution is -0.140. The van der Waals surface area contributed by atoms with E-state index in [1.165, 1.54) is 43.8 Å². The van der Waals surface area contributed by atoms with Crippen LogP contribution in [0.3, 0.4) is 0 Å². The fourth-order valence-electron chi connectivity index (χ4n) is 2.84. The van der Waals surface area contributed by atoms with Gasteiger partial charge >= 0.3 is 12.1 Å². The van der Waals surface area contributed by atoms with Crippen LogP contribution in [0.1, 0.15) is 41.6 Å². The minimum Gasteiger partial charge on any atom is -0.469 e. The normalized spacial score (nSPS) is 12.8. The van der Waals surface area contributed by atoms with Gasteiger partial charge in [0.2, 0.25) is 0 Å². The van der Waals surface area contributed by atoms with Gasteiger partial charge in [-0.2, -0.15) is 13.2 Å². The van der Waals surface area contributed by atoms with Crippen molar-refractivity contribution < 1.29 is 27.5 Å². The summed E-state index contributed by atoms with van der Waals surface area (Å²) in [5.74, 6) is 4.43. The molecule has 2 rings (SSSR count). The standard InChI is InChI=1S/C22H25F3N4O3/c1-15(17-5-3-11-27-14-17)13-19(22(23,24)25)29(26)18-9-7-16(8-10-18)21(31)28-12-4-6-20(30)32-2/h3,5,7-11,13-15H,4,6,12,26H2,1-2H3,(H,28,31)/b19-13-. The number of methoxy groups -OCH3 is 1. The molecule has 0 spiro atoms. The first kappa shape index (κ1) is 24.9. The van der Waals surface area contributed by atoms with E-state index >= 15 is 0 Å². The molecule has 2 aromatic rings. The number of anilines is 1. The fraction of sp³-hybridized carbons (Fsp3) is 0.318. The number of ether oxygens (including phenoxy) is 1. The Labute approximate surface area is 184 Å². The number of allylic oxidation sites excluding steroid dienone is 2. The van der Waals surface area contributed by atoms with Gasteiger partial charge in [0.05, 0.1) is 12.8 Å². The molecule has 10 heteroatoms. The number of amides is 1. The third-order valence-corrected chi connectivity index (χ3v) is 4.65. The first-order valence-corrected chi connectivity index (χ1v) is 9.82. The van der Waals surface area contributed by atoms with Gasteiger partial charge in [-0.25, -0.2) is 5.84 Å². The number of carbonyl (C=O) groups excluding carboxylic acids is 2. The maximum absolute atomic E-state index is 13.7. The molecule has 0 bridgehead atoms. The summed E-state index contributed by atoms with van der Waals surface area (Å²) in [5.41, 5.74) is -0.105. The molecule has 0 radical (unpaired) electrons. The number of alkyl halides is 3. The average molecular weight is 450 g/mol. The van der Waals surface area contributed by atoms with E-state index in [2.05, 4.69) is 15.0 Å². The van der Waals surface area contributed by atoms with E-state index < -0.39 is 23.7 Å². The predicted octanol–water partition coefficient (Wildman–Crippen LogP) is 3.69. The van der Waals surface area contributed by atoms with Crippen molar-refractivity contribution in [2.45, 2.75) is 31.9 Å². The number of carbonyl (C=O) groups is 2. The number of rotatable bonds is 9. The van der Waals surface area contributed by atoms with Gasteiger partial charge in [0, 0.05) is 36.8 Å². The number of nitrogens with two attached hydrogens (primary N) is 1. The number of hydrogen-bond donors (Lipinski definition) is 2. The average Bonchev–Trinajstić information content (AvgIpc) is 2.79. The lowest BCUT2D eigenvalue weighted by Gasteiger charge is -2.25. The highest BCUT2D eigenvalue weighted by Crippen LogP contribution is 2.33. The van der Waals surface area contributed by atoms with E-state index in [1.807, 2.05) is 0 Å². The molecule has 1 aromatic carbocycles. The van der Waals surface area contributed by atoms with Crippen LogP contribution in [0.4, 0.5) is 18.9 Å². The van der Waals surface area contributed by atoms with E-state index in [1.54, 1.807) is 19.1 Å². The van der Waals surface area contributed by atoms with E-state index in [0.717, 1.165) is 6.08 Å². The van der Waals surface area contributed by atoms with Gasteiger partial charge in [-0.3, -0.25) is 19.6 Å². The van der Waals surface area contributed by atoms with Gasteiger partial charge in [-0.1, -0.05) is 13.0 Å². The summed E-state index contributed by atoms with van der Waals surface area (Å²) in [7, 11) is 1.28. The molecule has 1 aromatic heterocycles. The smallest absolute Gasteiger partial charge is 0.432 e. The van der Waals surface area contributed by atoms with Crippen molar-refractivity contribution in [3.63, 3.8) is 0 Å². The number of hydrogen-bond acceptors (Lipinski definition) is 6. The van der Waals surface area contributed by atoms with Crippen molar-refractivity contribution in [3.8, 4) is 0 Å². The van der Waals surface area contributed by atoms with Gasteiger partial charge in [0.25, 0.3) is 5.91 Å². The molecule has 0 aliphatic heterocycles. The first-order valence-electron chi connectivity index (χ1n) is 9.82. The summed E-state index contributed by atoms with van der Waals surface area (Å²) in [5, 5.41) is 3.18. The summed E-state index contributed by atoms with van der Waals surface area (Å²) in [6, 6.07) is 8.75. The van der Waals surface area contributed by atoms with E-state index in [-0.39, 0.29) is 30.2 Å². The highest BCUT2D eigenvalue weighted by atomic mass is 19.4. The van der Waals surface area contributed by atoms with Crippen LogP contribution in [0, 0.1) is 0 Å². The number of nitrogens with zero attached hydrogens (tertiary/aromatic N) is 2. The van der Waals surface area contributed by atoms with Crippen LogP contribution in [-0.2, 0) is 9.53 Å². The number of benzene rings is 1.